The zero-order chi connectivity index (χ0) is 15.7. The molecule has 0 aromatic rings. The minimum atomic E-state index is 0.429. The van der Waals surface area contributed by atoms with Gasteiger partial charge in [0, 0.05) is 6.04 Å². The van der Waals surface area contributed by atoms with Crippen LogP contribution in [0.4, 0.5) is 0 Å². The van der Waals surface area contributed by atoms with E-state index in [4.69, 9.17) is 5.73 Å². The molecule has 0 spiro atoms. The van der Waals surface area contributed by atoms with Gasteiger partial charge >= 0.3 is 0 Å². The van der Waals surface area contributed by atoms with Crippen molar-refractivity contribution in [2.24, 2.45) is 34.8 Å². The molecule has 22 heavy (non-hydrogen) atoms. The van der Waals surface area contributed by atoms with Crippen molar-refractivity contribution < 1.29 is 0 Å². The lowest BCUT2D eigenvalue weighted by atomic mass is 9.58. The van der Waals surface area contributed by atoms with E-state index in [2.05, 4.69) is 26.8 Å². The summed E-state index contributed by atoms with van der Waals surface area (Å²) >= 11 is 0. The molecule has 0 bridgehead atoms. The fraction of sp³-hybridized carbons (Fsp3) is 0.905. The van der Waals surface area contributed by atoms with Crippen LogP contribution in [0.1, 0.15) is 85.0 Å². The van der Waals surface area contributed by atoms with Crippen molar-refractivity contribution in [1.82, 2.24) is 0 Å². The predicted molar refractivity (Wildman–Crippen MR) is 95.6 cm³/mol. The summed E-state index contributed by atoms with van der Waals surface area (Å²) in [5.74, 6) is 3.84. The molecule has 3 saturated carbocycles. The van der Waals surface area contributed by atoms with E-state index >= 15 is 0 Å². The highest BCUT2D eigenvalue weighted by molar-refractivity contribution is 5.14. The van der Waals surface area contributed by atoms with Crippen molar-refractivity contribution in [1.29, 1.82) is 0 Å². The lowest BCUT2D eigenvalue weighted by Gasteiger charge is -2.47. The summed E-state index contributed by atoms with van der Waals surface area (Å²) in [4.78, 5) is 0. The van der Waals surface area contributed by atoms with Crippen LogP contribution in [0.5, 0.6) is 0 Å². The van der Waals surface area contributed by atoms with Gasteiger partial charge in [-0.15, -0.1) is 0 Å². The van der Waals surface area contributed by atoms with Crippen molar-refractivity contribution in [2.45, 2.75) is 91.0 Å². The van der Waals surface area contributed by atoms with E-state index in [0.717, 1.165) is 23.7 Å². The van der Waals surface area contributed by atoms with E-state index in [1.54, 1.807) is 5.57 Å². The molecule has 6 atom stereocenters. The van der Waals surface area contributed by atoms with Crippen LogP contribution in [0.15, 0.2) is 11.6 Å². The lowest BCUT2D eigenvalue weighted by molar-refractivity contribution is 0.0485. The molecule has 3 fully saturated rings. The fourth-order valence-electron chi connectivity index (χ4n) is 6.38. The highest BCUT2D eigenvalue weighted by Crippen LogP contribution is 2.59. The summed E-state index contributed by atoms with van der Waals surface area (Å²) in [6.07, 6.45) is 16.4. The van der Waals surface area contributed by atoms with Crippen LogP contribution >= 0.6 is 0 Å². The predicted octanol–water partition coefficient (Wildman–Crippen LogP) is 5.69. The number of fused-ring (bicyclic) bond motifs is 1. The molecule has 0 radical (unpaired) electrons. The van der Waals surface area contributed by atoms with Crippen molar-refractivity contribution in [3.8, 4) is 0 Å². The smallest absolute Gasteiger partial charge is 0.00764 e. The van der Waals surface area contributed by atoms with Gasteiger partial charge in [-0.05, 0) is 86.9 Å². The average Bonchev–Trinajstić information content (AvgIpc) is 2.83. The van der Waals surface area contributed by atoms with Gasteiger partial charge in [0.05, 0.1) is 0 Å². The van der Waals surface area contributed by atoms with Gasteiger partial charge in [0.15, 0.2) is 0 Å². The van der Waals surface area contributed by atoms with E-state index < -0.39 is 0 Å². The van der Waals surface area contributed by atoms with E-state index in [0.29, 0.717) is 11.5 Å². The quantitative estimate of drug-likeness (QED) is 0.666. The molecule has 0 heterocycles. The SMILES string of the molecule is CC/C=C1/CC(N)CCC1C1CCC2(C)C(CC)CCC2C1. The van der Waals surface area contributed by atoms with Gasteiger partial charge in [0.2, 0.25) is 0 Å². The first-order valence-corrected chi connectivity index (χ1v) is 10.0. The molecule has 0 aromatic carbocycles. The van der Waals surface area contributed by atoms with E-state index in [9.17, 15) is 0 Å². The van der Waals surface area contributed by atoms with Gasteiger partial charge in [0.25, 0.3) is 0 Å². The Hall–Kier alpha value is -0.300. The van der Waals surface area contributed by atoms with Gasteiger partial charge < -0.3 is 5.73 Å². The van der Waals surface area contributed by atoms with Crippen LogP contribution < -0.4 is 5.73 Å². The van der Waals surface area contributed by atoms with Crippen molar-refractivity contribution in [2.75, 3.05) is 0 Å². The highest BCUT2D eigenvalue weighted by Gasteiger charge is 2.49. The molecular formula is C21H37N. The van der Waals surface area contributed by atoms with Gasteiger partial charge in [-0.25, -0.2) is 0 Å². The first kappa shape index (κ1) is 16.6. The zero-order valence-electron chi connectivity index (χ0n) is 15.1. The van der Waals surface area contributed by atoms with Crippen LogP contribution in [0, 0.1) is 29.1 Å². The number of hydrogen-bond acceptors (Lipinski definition) is 1. The van der Waals surface area contributed by atoms with Crippen LogP contribution in [0.2, 0.25) is 0 Å². The Morgan fingerprint density at radius 2 is 1.95 bits per heavy atom. The van der Waals surface area contributed by atoms with E-state index in [-0.39, 0.29) is 0 Å². The third kappa shape index (κ3) is 2.90. The molecule has 0 amide bonds. The van der Waals surface area contributed by atoms with Gasteiger partial charge in [-0.1, -0.05) is 38.8 Å². The van der Waals surface area contributed by atoms with Gasteiger partial charge in [0.1, 0.15) is 0 Å². The summed E-state index contributed by atoms with van der Waals surface area (Å²) in [7, 11) is 0. The Balaban J connectivity index is 1.71. The minimum Gasteiger partial charge on any atom is -0.327 e. The molecule has 3 aliphatic carbocycles. The minimum absolute atomic E-state index is 0.429. The first-order valence-electron chi connectivity index (χ1n) is 10.0. The maximum Gasteiger partial charge on any atom is 0.00764 e. The van der Waals surface area contributed by atoms with Crippen molar-refractivity contribution in [3.05, 3.63) is 11.6 Å². The van der Waals surface area contributed by atoms with E-state index in [1.807, 2.05) is 0 Å². The maximum absolute atomic E-state index is 6.25. The van der Waals surface area contributed by atoms with Gasteiger partial charge in [-0.3, -0.25) is 0 Å². The summed E-state index contributed by atoms with van der Waals surface area (Å²) in [6.45, 7) is 7.31. The number of rotatable bonds is 3. The number of nitrogens with two attached hydrogens (primary N) is 1. The third-order valence-electron chi connectivity index (χ3n) is 7.72. The Morgan fingerprint density at radius 1 is 1.14 bits per heavy atom. The molecule has 2 N–H and O–H groups in total. The second kappa shape index (κ2) is 6.67. The summed E-state index contributed by atoms with van der Waals surface area (Å²) < 4.78 is 0. The first-order chi connectivity index (χ1) is 10.6. The Labute approximate surface area is 138 Å². The molecule has 3 aliphatic rings. The van der Waals surface area contributed by atoms with E-state index in [1.165, 1.54) is 64.2 Å². The molecule has 1 heteroatoms. The topological polar surface area (TPSA) is 26.0 Å². The van der Waals surface area contributed by atoms with Crippen molar-refractivity contribution >= 4 is 0 Å². The maximum atomic E-state index is 6.25. The molecule has 3 rings (SSSR count). The van der Waals surface area contributed by atoms with Crippen LogP contribution in [-0.4, -0.2) is 6.04 Å². The number of hydrogen-bond donors (Lipinski definition) is 1. The highest BCUT2D eigenvalue weighted by atomic mass is 14.6. The number of allylic oxidation sites excluding steroid dienone is 1. The van der Waals surface area contributed by atoms with Crippen molar-refractivity contribution in [3.63, 3.8) is 0 Å². The zero-order valence-corrected chi connectivity index (χ0v) is 15.1. The standard InChI is InChI=1S/C21H37N/c1-4-6-15-14-19(22)9-10-20(15)16-11-12-21(3)17(5-2)7-8-18(21)13-16/h6,16-20H,4-5,7-14,22H2,1-3H3/b15-6-. The van der Waals surface area contributed by atoms with Gasteiger partial charge in [-0.2, -0.15) is 0 Å². The monoisotopic (exact) mass is 303 g/mol. The van der Waals surface area contributed by atoms with Crippen LogP contribution in [0.3, 0.4) is 0 Å². The molecule has 6 unspecified atom stereocenters. The van der Waals surface area contributed by atoms with Crippen LogP contribution in [-0.2, 0) is 0 Å². The Morgan fingerprint density at radius 3 is 2.68 bits per heavy atom. The fourth-order valence-corrected chi connectivity index (χ4v) is 6.38. The lowest BCUT2D eigenvalue weighted by Crippen LogP contribution is -2.39. The normalized spacial score (nSPS) is 47.6. The molecule has 126 valence electrons. The molecule has 0 aliphatic heterocycles. The molecule has 1 nitrogen and oxygen atoms in total. The Kier molecular flexibility index (Phi) is 5.02. The summed E-state index contributed by atoms with van der Waals surface area (Å²) in [5.41, 5.74) is 8.64. The van der Waals surface area contributed by atoms with Crippen LogP contribution in [0.25, 0.3) is 0 Å². The third-order valence-corrected chi connectivity index (χ3v) is 7.72. The molecule has 0 saturated heterocycles. The largest absolute Gasteiger partial charge is 0.327 e. The Bertz CT molecular complexity index is 412. The summed E-state index contributed by atoms with van der Waals surface area (Å²) in [6, 6.07) is 0.429. The summed E-state index contributed by atoms with van der Waals surface area (Å²) in [5, 5.41) is 0. The molecular weight excluding hydrogens is 266 g/mol. The molecule has 0 aromatic heterocycles. The second-order valence-electron chi connectivity index (χ2n) is 8.76. The average molecular weight is 304 g/mol. The second-order valence-corrected chi connectivity index (χ2v) is 8.76.